The van der Waals surface area contributed by atoms with Gasteiger partial charge < -0.3 is 10.4 Å². The van der Waals surface area contributed by atoms with Gasteiger partial charge in [-0.25, -0.2) is 13.8 Å². The summed E-state index contributed by atoms with van der Waals surface area (Å²) in [6, 6.07) is 4.46. The summed E-state index contributed by atoms with van der Waals surface area (Å²) in [6.45, 7) is 2.93. The molecule has 2 heterocycles. The van der Waals surface area contributed by atoms with Gasteiger partial charge in [0.05, 0.1) is 16.8 Å². The van der Waals surface area contributed by atoms with Gasteiger partial charge >= 0.3 is 0 Å². The van der Waals surface area contributed by atoms with Crippen LogP contribution in [0.15, 0.2) is 18.2 Å². The molecule has 1 aromatic heterocycles. The molecule has 0 bridgehead atoms. The number of alkyl halides is 2. The molecule has 0 aliphatic carbocycles. The number of pyridine rings is 1. The van der Waals surface area contributed by atoms with Crippen LogP contribution in [0.1, 0.15) is 28.5 Å². The first-order valence-electron chi connectivity index (χ1n) is 6.09. The molecule has 2 aromatic rings. The maximum Gasteiger partial charge on any atom is 0.266 e. The van der Waals surface area contributed by atoms with Crippen molar-refractivity contribution in [3.63, 3.8) is 0 Å². The highest BCUT2D eigenvalue weighted by atomic mass is 19.3. The van der Waals surface area contributed by atoms with Crippen molar-refractivity contribution in [2.24, 2.45) is 0 Å². The summed E-state index contributed by atoms with van der Waals surface area (Å²) < 4.78 is 26.6. The van der Waals surface area contributed by atoms with Gasteiger partial charge in [0.15, 0.2) is 0 Å². The Balaban J connectivity index is 2.40. The smallest absolute Gasteiger partial charge is 0.266 e. The number of hydrogen-bond acceptors (Lipinski definition) is 3. The zero-order valence-electron chi connectivity index (χ0n) is 10.9. The van der Waals surface area contributed by atoms with E-state index >= 15 is 0 Å². The number of benzene rings is 1. The lowest BCUT2D eigenvalue weighted by Crippen LogP contribution is -2.43. The molecular weight excluding hydrogens is 266 g/mol. The molecule has 0 spiro atoms. The van der Waals surface area contributed by atoms with Crippen molar-refractivity contribution in [3.05, 3.63) is 35.0 Å². The predicted octanol–water partition coefficient (Wildman–Crippen LogP) is 2.47. The Kier molecular flexibility index (Phi) is 2.48. The lowest BCUT2D eigenvalue weighted by Gasteiger charge is -2.23. The minimum Gasteiger partial charge on any atom is -0.508 e. The molecule has 2 N–H and O–H groups in total. The van der Waals surface area contributed by atoms with E-state index in [0.717, 1.165) is 0 Å². The zero-order chi connectivity index (χ0) is 14.7. The largest absolute Gasteiger partial charge is 0.508 e. The third kappa shape index (κ3) is 1.51. The third-order valence-electron chi connectivity index (χ3n) is 3.76. The number of carbonyl (C=O) groups is 1. The van der Waals surface area contributed by atoms with E-state index in [1.165, 1.54) is 19.1 Å². The maximum absolute atomic E-state index is 13.3. The molecule has 1 aliphatic rings. The van der Waals surface area contributed by atoms with Crippen LogP contribution in [0.3, 0.4) is 0 Å². The normalized spacial score (nSPS) is 21.4. The minimum atomic E-state index is -2.76. The van der Waals surface area contributed by atoms with Gasteiger partial charge in [0.25, 0.3) is 12.3 Å². The molecule has 0 saturated carbocycles. The van der Waals surface area contributed by atoms with Crippen molar-refractivity contribution in [2.45, 2.75) is 25.8 Å². The fraction of sp³-hybridized carbons (Fsp3) is 0.286. The van der Waals surface area contributed by atoms with Gasteiger partial charge in [0.2, 0.25) is 0 Å². The van der Waals surface area contributed by atoms with Gasteiger partial charge in [-0.2, -0.15) is 0 Å². The number of nitrogens with one attached hydrogen (secondary N) is 1. The summed E-state index contributed by atoms with van der Waals surface area (Å²) in [5, 5.41) is 12.4. The number of aryl methyl sites for hydroxylation is 1. The highest BCUT2D eigenvalue weighted by molar-refractivity contribution is 6.04. The van der Waals surface area contributed by atoms with Crippen molar-refractivity contribution >= 4 is 16.8 Å². The number of aromatic hydroxyl groups is 1. The molecule has 4 nitrogen and oxygen atoms in total. The average Bonchev–Trinajstić information content (AvgIpc) is 2.64. The number of phenols is 1. The number of nitrogens with zero attached hydrogens (tertiary/aromatic N) is 1. The van der Waals surface area contributed by atoms with Crippen LogP contribution in [-0.4, -0.2) is 22.4 Å². The molecule has 1 unspecified atom stereocenters. The Morgan fingerprint density at radius 2 is 2.10 bits per heavy atom. The Morgan fingerprint density at radius 1 is 1.40 bits per heavy atom. The summed E-state index contributed by atoms with van der Waals surface area (Å²) in [6.07, 6.45) is -2.76. The van der Waals surface area contributed by atoms with Gasteiger partial charge in [0, 0.05) is 5.39 Å². The zero-order valence-corrected chi connectivity index (χ0v) is 10.9. The molecule has 3 rings (SSSR count). The Bertz CT molecular complexity index is 746. The van der Waals surface area contributed by atoms with Gasteiger partial charge in [-0.05, 0) is 37.6 Å². The lowest BCUT2D eigenvalue weighted by atomic mass is 9.94. The first-order valence-corrected chi connectivity index (χ1v) is 6.09. The first-order chi connectivity index (χ1) is 9.34. The number of carbonyl (C=O) groups excluding carboxylic acids is 1. The van der Waals surface area contributed by atoms with Crippen molar-refractivity contribution in [1.82, 2.24) is 10.3 Å². The van der Waals surface area contributed by atoms with E-state index in [4.69, 9.17) is 0 Å². The number of hydrogen-bond donors (Lipinski definition) is 2. The summed E-state index contributed by atoms with van der Waals surface area (Å²) in [4.78, 5) is 16.2. The SMILES string of the molecule is Cc1c2c(nc3ccc(O)cc13)C(C)(C(F)F)NC2=O. The second-order valence-electron chi connectivity index (χ2n) is 5.12. The summed E-state index contributed by atoms with van der Waals surface area (Å²) >= 11 is 0. The molecule has 1 aromatic carbocycles. The van der Waals surface area contributed by atoms with Crippen LogP contribution in [0, 0.1) is 6.92 Å². The molecule has 0 radical (unpaired) electrons. The highest BCUT2D eigenvalue weighted by Crippen LogP contribution is 2.38. The standard InChI is InChI=1S/C14H12F2N2O2/c1-6-8-5-7(19)3-4-9(8)17-11-10(6)12(20)18-14(11,2)13(15)16/h3-5,13,19H,1-2H3,(H,18,20). The van der Waals surface area contributed by atoms with Gasteiger partial charge in [-0.3, -0.25) is 4.79 Å². The van der Waals surface area contributed by atoms with E-state index in [2.05, 4.69) is 10.3 Å². The van der Waals surface area contributed by atoms with E-state index < -0.39 is 17.9 Å². The van der Waals surface area contributed by atoms with Crippen LogP contribution in [-0.2, 0) is 5.54 Å². The van der Waals surface area contributed by atoms with Crippen LogP contribution < -0.4 is 5.32 Å². The van der Waals surface area contributed by atoms with E-state index in [0.29, 0.717) is 16.5 Å². The van der Waals surface area contributed by atoms with Crippen LogP contribution in [0.25, 0.3) is 10.9 Å². The Hall–Kier alpha value is -2.24. The number of fused-ring (bicyclic) bond motifs is 2. The average molecular weight is 278 g/mol. The van der Waals surface area contributed by atoms with Crippen LogP contribution in [0.5, 0.6) is 5.75 Å². The second kappa shape index (κ2) is 3.88. The monoisotopic (exact) mass is 278 g/mol. The lowest BCUT2D eigenvalue weighted by molar-refractivity contribution is 0.0398. The third-order valence-corrected chi connectivity index (χ3v) is 3.76. The molecule has 20 heavy (non-hydrogen) atoms. The predicted molar refractivity (Wildman–Crippen MR) is 69.0 cm³/mol. The van der Waals surface area contributed by atoms with Gasteiger partial charge in [-0.1, -0.05) is 0 Å². The molecule has 1 aliphatic heterocycles. The Morgan fingerprint density at radius 3 is 2.75 bits per heavy atom. The fourth-order valence-electron chi connectivity index (χ4n) is 2.58. The minimum absolute atomic E-state index is 0.0392. The molecule has 6 heteroatoms. The summed E-state index contributed by atoms with van der Waals surface area (Å²) in [5.41, 5.74) is -0.521. The van der Waals surface area contributed by atoms with Crippen LogP contribution >= 0.6 is 0 Å². The van der Waals surface area contributed by atoms with Crippen LogP contribution in [0.2, 0.25) is 0 Å². The number of amides is 1. The molecule has 104 valence electrons. The van der Waals surface area contributed by atoms with Gasteiger partial charge in [-0.15, -0.1) is 0 Å². The topological polar surface area (TPSA) is 62.2 Å². The molecule has 1 amide bonds. The molecule has 0 saturated heterocycles. The number of rotatable bonds is 1. The van der Waals surface area contributed by atoms with E-state index in [9.17, 15) is 18.7 Å². The fourth-order valence-corrected chi connectivity index (χ4v) is 2.58. The van der Waals surface area contributed by atoms with Crippen molar-refractivity contribution < 1.29 is 18.7 Å². The van der Waals surface area contributed by atoms with Crippen LogP contribution in [0.4, 0.5) is 8.78 Å². The number of halogens is 2. The molecular formula is C14H12F2N2O2. The van der Waals surface area contributed by atoms with E-state index in [1.54, 1.807) is 13.0 Å². The molecule has 0 fully saturated rings. The van der Waals surface area contributed by atoms with Crippen molar-refractivity contribution in [1.29, 1.82) is 0 Å². The number of aromatic nitrogens is 1. The highest BCUT2D eigenvalue weighted by Gasteiger charge is 2.48. The second-order valence-corrected chi connectivity index (χ2v) is 5.12. The van der Waals surface area contributed by atoms with Crippen molar-refractivity contribution in [2.75, 3.05) is 0 Å². The first kappa shape index (κ1) is 12.8. The summed E-state index contributed by atoms with van der Waals surface area (Å²) in [7, 11) is 0. The molecule has 1 atom stereocenters. The van der Waals surface area contributed by atoms with E-state index in [1.807, 2.05) is 0 Å². The quantitative estimate of drug-likeness (QED) is 0.842. The number of phenolic OH excluding ortho intramolecular Hbond substituents is 1. The summed E-state index contributed by atoms with van der Waals surface area (Å²) in [5.74, 6) is -0.518. The Labute approximate surface area is 113 Å². The maximum atomic E-state index is 13.3. The van der Waals surface area contributed by atoms with Crippen molar-refractivity contribution in [3.8, 4) is 5.75 Å². The van der Waals surface area contributed by atoms with Gasteiger partial charge in [0.1, 0.15) is 11.3 Å². The van der Waals surface area contributed by atoms with E-state index in [-0.39, 0.29) is 17.0 Å².